The average Bonchev–Trinajstić information content (AvgIpc) is 4.09. The van der Waals surface area contributed by atoms with E-state index >= 15 is 0 Å². The standard InChI is InChI=1S/C70H62BN3S2/c1-67(2,3)45-31-33-51-56(39-45)72(54-24-18-28-62-64(54)48-22-12-14-26-60(48)75-62)58-41-47(74-53-35-30-44(43-20-10-9-11-21-43)38-50(53)69(7)36-16-17-37-70(69,74)8)42-59-66(58)71(51)52-34-32-46(68(4,5)6)40-57(52)73(59)55-25-19-29-63-65(55)49-23-13-15-27-61(49)76-63/h9-15,18-35,38-42H,16-17,36-37H2,1-8H3. The molecule has 3 nitrogen and oxygen atoms in total. The molecule has 3 aliphatic heterocycles. The number of fused-ring (bicyclic) bond motifs is 13. The van der Waals surface area contributed by atoms with E-state index in [0.717, 1.165) is 12.8 Å². The fraction of sp³-hybridized carbons (Fsp3) is 0.229. The van der Waals surface area contributed by atoms with Crippen molar-refractivity contribution in [3.05, 3.63) is 199 Å². The third-order valence-electron chi connectivity index (χ3n) is 18.5. The van der Waals surface area contributed by atoms with Crippen LogP contribution in [0.25, 0.3) is 51.5 Å². The van der Waals surface area contributed by atoms with Crippen molar-refractivity contribution in [1.29, 1.82) is 0 Å². The summed E-state index contributed by atoms with van der Waals surface area (Å²) in [6.07, 6.45) is 4.68. The van der Waals surface area contributed by atoms with E-state index in [2.05, 4.69) is 252 Å². The van der Waals surface area contributed by atoms with E-state index in [1.54, 1.807) is 0 Å². The second-order valence-corrected chi connectivity index (χ2v) is 27.0. The zero-order valence-electron chi connectivity index (χ0n) is 44.9. The molecule has 2 unspecified atom stereocenters. The van der Waals surface area contributed by atoms with Crippen molar-refractivity contribution in [2.45, 2.75) is 103 Å². The van der Waals surface area contributed by atoms with Gasteiger partial charge >= 0.3 is 0 Å². The summed E-state index contributed by atoms with van der Waals surface area (Å²) < 4.78 is 5.26. The number of hydrogen-bond acceptors (Lipinski definition) is 5. The second kappa shape index (κ2) is 16.2. The van der Waals surface area contributed by atoms with E-state index in [-0.39, 0.29) is 28.5 Å². The molecule has 76 heavy (non-hydrogen) atoms. The number of hydrogen-bond donors (Lipinski definition) is 0. The zero-order valence-corrected chi connectivity index (χ0v) is 46.5. The van der Waals surface area contributed by atoms with Gasteiger partial charge in [-0.1, -0.05) is 171 Å². The molecular formula is C70H62BN3S2. The van der Waals surface area contributed by atoms with Gasteiger partial charge in [0.25, 0.3) is 6.71 Å². The van der Waals surface area contributed by atoms with Crippen LogP contribution < -0.4 is 31.1 Å². The molecule has 11 aromatic rings. The third kappa shape index (κ3) is 6.47. The van der Waals surface area contributed by atoms with Crippen LogP contribution in [0.2, 0.25) is 0 Å². The lowest BCUT2D eigenvalue weighted by Crippen LogP contribution is -2.61. The topological polar surface area (TPSA) is 9.72 Å². The summed E-state index contributed by atoms with van der Waals surface area (Å²) in [5, 5.41) is 5.25. The van der Waals surface area contributed by atoms with Gasteiger partial charge in [-0.3, -0.25) is 0 Å². The molecule has 0 radical (unpaired) electrons. The first-order valence-corrected chi connectivity index (χ1v) is 29.2. The summed E-state index contributed by atoms with van der Waals surface area (Å²) in [5.74, 6) is 0. The normalized spacial score (nSPS) is 18.8. The van der Waals surface area contributed by atoms with Crippen LogP contribution in [0.5, 0.6) is 0 Å². The van der Waals surface area contributed by atoms with Gasteiger partial charge in [-0.2, -0.15) is 0 Å². The minimum atomic E-state index is -0.190. The lowest BCUT2D eigenvalue weighted by atomic mass is 9.33. The molecule has 0 saturated heterocycles. The van der Waals surface area contributed by atoms with Crippen LogP contribution >= 0.6 is 22.7 Å². The lowest BCUT2D eigenvalue weighted by molar-refractivity contribution is 0.195. The van der Waals surface area contributed by atoms with Gasteiger partial charge in [0, 0.05) is 79.9 Å². The molecule has 0 amide bonds. The fourth-order valence-corrected chi connectivity index (χ4v) is 16.6. The SMILES string of the molecule is CC(C)(C)c1ccc2c(c1)N(c1cccc3sc4ccccc4c13)c1cc(N3c4ccc(-c5ccccc5)cc4C4(C)CCCCC34C)cc3c1B2c1ccc(C(C)(C)C)cc1N3c1cccc2sc3ccccc3c12. The van der Waals surface area contributed by atoms with E-state index in [1.807, 2.05) is 22.7 Å². The van der Waals surface area contributed by atoms with Crippen LogP contribution in [0.3, 0.4) is 0 Å². The molecule has 1 aliphatic carbocycles. The van der Waals surface area contributed by atoms with E-state index < -0.39 is 0 Å². The molecule has 372 valence electrons. The molecule has 0 bridgehead atoms. The van der Waals surface area contributed by atoms with Crippen molar-refractivity contribution >= 4 is 132 Å². The highest BCUT2D eigenvalue weighted by Gasteiger charge is 2.58. The second-order valence-electron chi connectivity index (χ2n) is 24.8. The Labute approximate surface area is 456 Å². The Balaban J connectivity index is 1.10. The Bertz CT molecular complexity index is 4020. The molecule has 6 heteroatoms. The Morgan fingerprint density at radius 1 is 0.434 bits per heavy atom. The Hall–Kier alpha value is -7.12. The van der Waals surface area contributed by atoms with Crippen LogP contribution in [0, 0.1) is 0 Å². The summed E-state index contributed by atoms with van der Waals surface area (Å²) in [6, 6.07) is 70.9. The first kappa shape index (κ1) is 46.2. The first-order chi connectivity index (χ1) is 36.7. The largest absolute Gasteiger partial charge is 0.334 e. The third-order valence-corrected chi connectivity index (χ3v) is 20.8. The molecule has 1 saturated carbocycles. The molecular weight excluding hydrogens is 958 g/mol. The Morgan fingerprint density at radius 3 is 1.50 bits per heavy atom. The van der Waals surface area contributed by atoms with Gasteiger partial charge in [-0.15, -0.1) is 22.7 Å². The van der Waals surface area contributed by atoms with Crippen LogP contribution in [0.15, 0.2) is 182 Å². The predicted octanol–water partition coefficient (Wildman–Crippen LogP) is 18.5. The Kier molecular flexibility index (Phi) is 9.85. The van der Waals surface area contributed by atoms with Gasteiger partial charge in [0.1, 0.15) is 0 Å². The molecule has 0 spiro atoms. The van der Waals surface area contributed by atoms with Gasteiger partial charge in [0.2, 0.25) is 0 Å². The van der Waals surface area contributed by atoms with Crippen LogP contribution in [-0.2, 0) is 16.2 Å². The number of nitrogens with zero attached hydrogens (tertiary/aromatic N) is 3. The van der Waals surface area contributed by atoms with Crippen molar-refractivity contribution in [2.24, 2.45) is 0 Å². The summed E-state index contributed by atoms with van der Waals surface area (Å²) in [7, 11) is 0. The van der Waals surface area contributed by atoms with Gasteiger partial charge < -0.3 is 14.7 Å². The van der Waals surface area contributed by atoms with Gasteiger partial charge in [-0.25, -0.2) is 0 Å². The van der Waals surface area contributed by atoms with E-state index in [9.17, 15) is 0 Å². The molecule has 1 fully saturated rings. The molecule has 5 heterocycles. The maximum atomic E-state index is 2.84. The molecule has 4 aliphatic rings. The highest BCUT2D eigenvalue weighted by atomic mass is 32.1. The summed E-state index contributed by atoms with van der Waals surface area (Å²) >= 11 is 3.82. The summed E-state index contributed by atoms with van der Waals surface area (Å²) in [4.78, 5) is 8.27. The predicted molar refractivity (Wildman–Crippen MR) is 332 cm³/mol. The molecule has 2 aromatic heterocycles. The van der Waals surface area contributed by atoms with Gasteiger partial charge in [-0.05, 0) is 148 Å². The smallest absolute Gasteiger partial charge is 0.252 e. The van der Waals surface area contributed by atoms with Crippen LogP contribution in [-0.4, -0.2) is 12.3 Å². The molecule has 2 atom stereocenters. The maximum absolute atomic E-state index is 2.84. The van der Waals surface area contributed by atoms with E-state index in [1.165, 1.54) is 143 Å². The van der Waals surface area contributed by atoms with Crippen molar-refractivity contribution in [3.8, 4) is 11.1 Å². The fourth-order valence-electron chi connectivity index (χ4n) is 14.4. The first-order valence-electron chi connectivity index (χ1n) is 27.6. The quantitative estimate of drug-likeness (QED) is 0.163. The minimum absolute atomic E-state index is 0.0220. The van der Waals surface area contributed by atoms with Crippen molar-refractivity contribution < 1.29 is 0 Å². The van der Waals surface area contributed by atoms with Crippen molar-refractivity contribution in [2.75, 3.05) is 14.7 Å². The van der Waals surface area contributed by atoms with Crippen molar-refractivity contribution in [1.82, 2.24) is 0 Å². The zero-order chi connectivity index (χ0) is 51.6. The monoisotopic (exact) mass is 1020 g/mol. The van der Waals surface area contributed by atoms with Crippen LogP contribution in [0.4, 0.5) is 45.5 Å². The number of benzene rings is 9. The number of thiophene rings is 2. The van der Waals surface area contributed by atoms with Crippen molar-refractivity contribution in [3.63, 3.8) is 0 Å². The van der Waals surface area contributed by atoms with Gasteiger partial charge in [0.05, 0.1) is 16.9 Å². The summed E-state index contributed by atoms with van der Waals surface area (Å²) in [5.41, 5.74) is 20.4. The molecule has 9 aromatic carbocycles. The van der Waals surface area contributed by atoms with E-state index in [4.69, 9.17) is 0 Å². The van der Waals surface area contributed by atoms with Crippen LogP contribution in [0.1, 0.15) is 97.8 Å². The highest BCUT2D eigenvalue weighted by molar-refractivity contribution is 7.26. The van der Waals surface area contributed by atoms with E-state index in [0.29, 0.717) is 0 Å². The molecule has 0 N–H and O–H groups in total. The molecule has 15 rings (SSSR count). The lowest BCUT2D eigenvalue weighted by Gasteiger charge is -2.51. The highest BCUT2D eigenvalue weighted by Crippen LogP contribution is 2.63. The minimum Gasteiger partial charge on any atom is -0.334 e. The number of rotatable bonds is 4. The van der Waals surface area contributed by atoms with Gasteiger partial charge in [0.15, 0.2) is 0 Å². The Morgan fingerprint density at radius 2 is 0.947 bits per heavy atom. The maximum Gasteiger partial charge on any atom is 0.252 e. The average molecular weight is 1020 g/mol. The number of anilines is 8. The summed E-state index contributed by atoms with van der Waals surface area (Å²) in [6.45, 7) is 19.4.